The number of aromatic nitrogens is 2. The molecular weight excluding hydrogens is 482 g/mol. The number of hydrogen-bond donors (Lipinski definition) is 2. The molecule has 4 rings (SSSR count). The minimum absolute atomic E-state index is 0.0604. The SMILES string of the molecule is COc1cc(C(=O)NCC(C)(C)CN(C)C)ccc1Nc1ncc2c(n1)N(C(C)C)CC1(CC1)C(=O)N2C. The zero-order valence-electron chi connectivity index (χ0n) is 23.9. The summed E-state index contributed by atoms with van der Waals surface area (Å²) < 4.78 is 5.60. The van der Waals surface area contributed by atoms with E-state index in [0.29, 0.717) is 41.7 Å². The molecule has 1 aromatic heterocycles. The quantitative estimate of drug-likeness (QED) is 0.515. The lowest BCUT2D eigenvalue weighted by Gasteiger charge is -2.29. The van der Waals surface area contributed by atoms with Crippen molar-refractivity contribution in [1.82, 2.24) is 20.2 Å². The fourth-order valence-electron chi connectivity index (χ4n) is 5.15. The zero-order chi connectivity index (χ0) is 27.8. The minimum Gasteiger partial charge on any atom is -0.495 e. The lowest BCUT2D eigenvalue weighted by Crippen LogP contribution is -2.40. The van der Waals surface area contributed by atoms with Gasteiger partial charge in [0, 0.05) is 38.3 Å². The summed E-state index contributed by atoms with van der Waals surface area (Å²) in [6.07, 6.45) is 3.50. The lowest BCUT2D eigenvalue weighted by molar-refractivity contribution is -0.122. The molecule has 1 fully saturated rings. The molecule has 2 aliphatic rings. The number of methoxy groups -OCH3 is 1. The van der Waals surface area contributed by atoms with Crippen LogP contribution in [0.2, 0.25) is 0 Å². The van der Waals surface area contributed by atoms with Crippen LogP contribution in [0.1, 0.15) is 50.9 Å². The van der Waals surface area contributed by atoms with Gasteiger partial charge in [-0.05, 0) is 64.4 Å². The van der Waals surface area contributed by atoms with Gasteiger partial charge in [-0.15, -0.1) is 0 Å². The van der Waals surface area contributed by atoms with Gasteiger partial charge in [-0.3, -0.25) is 9.59 Å². The Hall–Kier alpha value is -3.40. The monoisotopic (exact) mass is 523 g/mol. The van der Waals surface area contributed by atoms with Gasteiger partial charge < -0.3 is 30.1 Å². The maximum atomic E-state index is 13.1. The number of benzene rings is 1. The van der Waals surface area contributed by atoms with Gasteiger partial charge in [-0.25, -0.2) is 4.98 Å². The van der Waals surface area contributed by atoms with Crippen LogP contribution in [0.25, 0.3) is 0 Å². The normalized spacial score (nSPS) is 16.5. The number of anilines is 4. The van der Waals surface area contributed by atoms with Crippen LogP contribution in [-0.2, 0) is 4.79 Å². The van der Waals surface area contributed by atoms with Crippen LogP contribution in [0.5, 0.6) is 5.75 Å². The van der Waals surface area contributed by atoms with Gasteiger partial charge in [-0.2, -0.15) is 4.98 Å². The van der Waals surface area contributed by atoms with Gasteiger partial charge in [0.15, 0.2) is 5.82 Å². The van der Waals surface area contributed by atoms with Crippen molar-refractivity contribution >= 4 is 35.0 Å². The average Bonchev–Trinajstić information content (AvgIpc) is 3.65. The van der Waals surface area contributed by atoms with Crippen molar-refractivity contribution in [3.63, 3.8) is 0 Å². The molecule has 1 aliphatic heterocycles. The molecule has 1 spiro atoms. The van der Waals surface area contributed by atoms with E-state index in [9.17, 15) is 9.59 Å². The highest BCUT2D eigenvalue weighted by molar-refractivity contribution is 6.02. The van der Waals surface area contributed by atoms with E-state index in [1.807, 2.05) is 14.1 Å². The Morgan fingerprint density at radius 1 is 1.26 bits per heavy atom. The molecule has 1 saturated carbocycles. The molecule has 0 unspecified atom stereocenters. The van der Waals surface area contributed by atoms with Crippen molar-refractivity contribution in [2.75, 3.05) is 63.0 Å². The Bertz CT molecular complexity index is 1210. The molecule has 0 saturated heterocycles. The van der Waals surface area contributed by atoms with Crippen LogP contribution < -0.4 is 25.2 Å². The van der Waals surface area contributed by atoms with E-state index >= 15 is 0 Å². The third kappa shape index (κ3) is 5.70. The predicted molar refractivity (Wildman–Crippen MR) is 151 cm³/mol. The Labute approximate surface area is 225 Å². The third-order valence-corrected chi connectivity index (χ3v) is 7.27. The highest BCUT2D eigenvalue weighted by Gasteiger charge is 2.54. The van der Waals surface area contributed by atoms with E-state index in [4.69, 9.17) is 9.72 Å². The van der Waals surface area contributed by atoms with Gasteiger partial charge in [0.25, 0.3) is 5.91 Å². The van der Waals surface area contributed by atoms with E-state index in [-0.39, 0.29) is 28.7 Å². The van der Waals surface area contributed by atoms with Crippen molar-refractivity contribution in [2.45, 2.75) is 46.6 Å². The van der Waals surface area contributed by atoms with E-state index in [1.165, 1.54) is 0 Å². The number of carbonyl (C=O) groups excluding carboxylic acids is 2. The molecule has 206 valence electrons. The largest absolute Gasteiger partial charge is 0.495 e. The molecule has 38 heavy (non-hydrogen) atoms. The van der Waals surface area contributed by atoms with Crippen LogP contribution in [-0.4, -0.2) is 80.6 Å². The average molecular weight is 524 g/mol. The van der Waals surface area contributed by atoms with Crippen LogP contribution in [0.4, 0.5) is 23.1 Å². The van der Waals surface area contributed by atoms with E-state index in [0.717, 1.165) is 25.2 Å². The number of ether oxygens (including phenoxy) is 1. The second kappa shape index (κ2) is 10.4. The molecule has 0 atom stereocenters. The summed E-state index contributed by atoms with van der Waals surface area (Å²) in [4.78, 5) is 41.3. The number of carbonyl (C=O) groups is 2. The van der Waals surface area contributed by atoms with Crippen molar-refractivity contribution < 1.29 is 14.3 Å². The Balaban J connectivity index is 1.55. The number of nitrogens with one attached hydrogen (secondary N) is 2. The fraction of sp³-hybridized carbons (Fsp3) is 0.571. The van der Waals surface area contributed by atoms with Crippen molar-refractivity contribution in [2.24, 2.45) is 10.8 Å². The number of hydrogen-bond acceptors (Lipinski definition) is 8. The first kappa shape index (κ1) is 27.6. The van der Waals surface area contributed by atoms with Gasteiger partial charge in [0.2, 0.25) is 11.9 Å². The van der Waals surface area contributed by atoms with Gasteiger partial charge >= 0.3 is 0 Å². The summed E-state index contributed by atoms with van der Waals surface area (Å²) in [7, 11) is 7.41. The van der Waals surface area contributed by atoms with Crippen LogP contribution in [0.15, 0.2) is 24.4 Å². The van der Waals surface area contributed by atoms with Crippen LogP contribution in [0.3, 0.4) is 0 Å². The maximum absolute atomic E-state index is 13.1. The number of rotatable bonds is 9. The molecule has 0 radical (unpaired) electrons. The molecule has 2 aromatic rings. The molecule has 2 heterocycles. The molecule has 1 aliphatic carbocycles. The molecule has 2 N–H and O–H groups in total. The van der Waals surface area contributed by atoms with Gasteiger partial charge in [0.05, 0.1) is 24.4 Å². The van der Waals surface area contributed by atoms with Gasteiger partial charge in [-0.1, -0.05) is 13.8 Å². The molecule has 0 bridgehead atoms. The topological polar surface area (TPSA) is 103 Å². The summed E-state index contributed by atoms with van der Waals surface area (Å²) in [6.45, 7) is 10.5. The Kier molecular flexibility index (Phi) is 7.56. The second-order valence-electron chi connectivity index (χ2n) is 11.9. The highest BCUT2D eigenvalue weighted by atomic mass is 16.5. The Morgan fingerprint density at radius 3 is 2.58 bits per heavy atom. The third-order valence-electron chi connectivity index (χ3n) is 7.27. The van der Waals surface area contributed by atoms with E-state index in [2.05, 4.69) is 53.1 Å². The standard InChI is InChI=1S/C28H41N7O3/c1-18(2)35-17-28(11-12-28)25(37)34(7)21-14-29-26(32-23(21)35)31-20-10-9-19(13-22(20)38-8)24(36)30-15-27(3,4)16-33(5)6/h9-10,13-14,18H,11-12,15-17H2,1-8H3,(H,30,36)(H,29,31,32). The first-order valence-electron chi connectivity index (χ1n) is 13.2. The van der Waals surface area contributed by atoms with Crippen LogP contribution >= 0.6 is 0 Å². The lowest BCUT2D eigenvalue weighted by atomic mass is 9.93. The smallest absolute Gasteiger partial charge is 0.251 e. The summed E-state index contributed by atoms with van der Waals surface area (Å²) in [5.41, 5.74) is 1.47. The molecule has 10 nitrogen and oxygen atoms in total. The second-order valence-corrected chi connectivity index (χ2v) is 11.9. The highest BCUT2D eigenvalue weighted by Crippen LogP contribution is 2.52. The summed E-state index contributed by atoms with van der Waals surface area (Å²) >= 11 is 0. The summed E-state index contributed by atoms with van der Waals surface area (Å²) in [5, 5.41) is 6.28. The van der Waals surface area contributed by atoms with Crippen molar-refractivity contribution in [3.8, 4) is 5.75 Å². The fourth-order valence-corrected chi connectivity index (χ4v) is 5.15. The maximum Gasteiger partial charge on any atom is 0.251 e. The molecule has 10 heteroatoms. The number of fused-ring (bicyclic) bond motifs is 1. The summed E-state index contributed by atoms with van der Waals surface area (Å²) in [5.74, 6) is 1.60. The zero-order valence-corrected chi connectivity index (χ0v) is 23.9. The Morgan fingerprint density at radius 2 is 1.97 bits per heavy atom. The van der Waals surface area contributed by atoms with Crippen molar-refractivity contribution in [1.29, 1.82) is 0 Å². The van der Waals surface area contributed by atoms with E-state index in [1.54, 1.807) is 43.5 Å². The van der Waals surface area contributed by atoms with Gasteiger partial charge in [0.1, 0.15) is 11.4 Å². The molecule has 1 aromatic carbocycles. The molecule has 2 amide bonds. The minimum atomic E-state index is -0.325. The van der Waals surface area contributed by atoms with E-state index < -0.39 is 0 Å². The number of amides is 2. The first-order chi connectivity index (χ1) is 17.9. The molecular formula is C28H41N7O3. The first-order valence-corrected chi connectivity index (χ1v) is 13.2. The number of nitrogens with zero attached hydrogens (tertiary/aromatic N) is 5. The predicted octanol–water partition coefficient (Wildman–Crippen LogP) is 3.52. The van der Waals surface area contributed by atoms with Crippen LogP contribution in [0, 0.1) is 10.8 Å². The summed E-state index contributed by atoms with van der Waals surface area (Å²) in [6, 6.07) is 5.43. The van der Waals surface area contributed by atoms with Crippen molar-refractivity contribution in [3.05, 3.63) is 30.0 Å².